The van der Waals surface area contributed by atoms with Crippen molar-refractivity contribution in [2.75, 3.05) is 0 Å². The Morgan fingerprint density at radius 1 is 1.06 bits per heavy atom. The molecule has 5 rings (SSSR count). The molecule has 2 saturated heterocycles. The number of hydrogen-bond donors (Lipinski definition) is 1. The first kappa shape index (κ1) is 21.7. The standard InChI is InChI=1S/C27H31N3O3/c1-19-14-20(2)30(28-19)23-11-6-10-22(15-23)27(32)16-24-12-7-13-25(17-27)29(24)26(31)33-18-21-8-4-3-5-9-21/h3-6,8-11,14-15,24-25,32H,7,12-13,16-18H2,1-2H3. The molecule has 0 spiro atoms. The van der Waals surface area contributed by atoms with Gasteiger partial charge in [0.1, 0.15) is 6.61 Å². The van der Waals surface area contributed by atoms with E-state index in [4.69, 9.17) is 4.74 Å². The molecule has 2 fully saturated rings. The zero-order valence-electron chi connectivity index (χ0n) is 19.3. The second-order valence-electron chi connectivity index (χ2n) is 9.52. The van der Waals surface area contributed by atoms with Gasteiger partial charge in [-0.1, -0.05) is 42.5 Å². The Bertz CT molecular complexity index is 1130. The van der Waals surface area contributed by atoms with Crippen molar-refractivity contribution < 1.29 is 14.6 Å². The number of carbonyl (C=O) groups is 1. The van der Waals surface area contributed by atoms with Crippen LogP contribution < -0.4 is 0 Å². The summed E-state index contributed by atoms with van der Waals surface area (Å²) in [7, 11) is 0. The summed E-state index contributed by atoms with van der Waals surface area (Å²) in [6, 6.07) is 19.8. The number of aryl methyl sites for hydroxylation is 2. The Hall–Kier alpha value is -3.12. The van der Waals surface area contributed by atoms with Crippen LogP contribution in [0.4, 0.5) is 4.79 Å². The highest BCUT2D eigenvalue weighted by atomic mass is 16.6. The van der Waals surface area contributed by atoms with Crippen LogP contribution in [0.2, 0.25) is 0 Å². The van der Waals surface area contributed by atoms with E-state index in [1.54, 1.807) is 0 Å². The summed E-state index contributed by atoms with van der Waals surface area (Å²) < 4.78 is 7.58. The first-order valence-electron chi connectivity index (χ1n) is 11.8. The third kappa shape index (κ3) is 4.27. The normalized spacial score (nSPS) is 24.5. The van der Waals surface area contributed by atoms with Gasteiger partial charge in [0.15, 0.2) is 0 Å². The van der Waals surface area contributed by atoms with Crippen LogP contribution in [0.1, 0.15) is 54.6 Å². The molecule has 1 N–H and O–H groups in total. The summed E-state index contributed by atoms with van der Waals surface area (Å²) in [5, 5.41) is 16.4. The lowest BCUT2D eigenvalue weighted by Crippen LogP contribution is -2.58. The van der Waals surface area contributed by atoms with Gasteiger partial charge in [0.25, 0.3) is 0 Å². The monoisotopic (exact) mass is 445 g/mol. The number of amides is 1. The van der Waals surface area contributed by atoms with E-state index in [0.717, 1.165) is 47.5 Å². The summed E-state index contributed by atoms with van der Waals surface area (Å²) in [5.41, 5.74) is 3.87. The molecule has 2 aromatic carbocycles. The molecule has 2 atom stereocenters. The summed E-state index contributed by atoms with van der Waals surface area (Å²) in [5.74, 6) is 0. The predicted molar refractivity (Wildman–Crippen MR) is 126 cm³/mol. The second kappa shape index (κ2) is 8.67. The van der Waals surface area contributed by atoms with E-state index >= 15 is 0 Å². The van der Waals surface area contributed by atoms with Gasteiger partial charge in [-0.25, -0.2) is 9.48 Å². The first-order chi connectivity index (χ1) is 15.9. The highest BCUT2D eigenvalue weighted by molar-refractivity contribution is 5.69. The highest BCUT2D eigenvalue weighted by Crippen LogP contribution is 2.45. The average molecular weight is 446 g/mol. The minimum atomic E-state index is -0.974. The van der Waals surface area contributed by atoms with Crippen LogP contribution in [0.3, 0.4) is 0 Å². The number of benzene rings is 2. The third-order valence-electron chi connectivity index (χ3n) is 7.06. The summed E-state index contributed by atoms with van der Waals surface area (Å²) in [6.07, 6.45) is 3.61. The van der Waals surface area contributed by atoms with Crippen LogP contribution in [0, 0.1) is 13.8 Å². The largest absolute Gasteiger partial charge is 0.445 e. The Balaban J connectivity index is 1.35. The summed E-state index contributed by atoms with van der Waals surface area (Å²) in [4.78, 5) is 14.9. The van der Waals surface area contributed by atoms with Crippen LogP contribution in [-0.4, -0.2) is 38.0 Å². The number of carbonyl (C=O) groups excluding carboxylic acids is 1. The molecule has 1 aromatic heterocycles. The second-order valence-corrected chi connectivity index (χ2v) is 9.52. The zero-order valence-corrected chi connectivity index (χ0v) is 19.3. The van der Waals surface area contributed by atoms with Gasteiger partial charge in [-0.15, -0.1) is 0 Å². The fourth-order valence-electron chi connectivity index (χ4n) is 5.57. The molecule has 3 heterocycles. The number of hydrogen-bond acceptors (Lipinski definition) is 4. The lowest BCUT2D eigenvalue weighted by Gasteiger charge is -2.51. The van der Waals surface area contributed by atoms with E-state index < -0.39 is 5.60 Å². The molecule has 172 valence electrons. The van der Waals surface area contributed by atoms with Crippen molar-refractivity contribution in [3.8, 4) is 5.69 Å². The Morgan fingerprint density at radius 3 is 2.45 bits per heavy atom. The number of aliphatic hydroxyl groups is 1. The van der Waals surface area contributed by atoms with Crippen molar-refractivity contribution in [3.63, 3.8) is 0 Å². The van der Waals surface area contributed by atoms with E-state index in [1.807, 2.05) is 84.1 Å². The number of fused-ring (bicyclic) bond motifs is 2. The smallest absolute Gasteiger partial charge is 0.410 e. The van der Waals surface area contributed by atoms with Crippen LogP contribution in [0.25, 0.3) is 5.69 Å². The first-order valence-corrected chi connectivity index (χ1v) is 11.8. The van der Waals surface area contributed by atoms with Crippen molar-refractivity contribution in [2.45, 2.75) is 70.2 Å². The molecular weight excluding hydrogens is 414 g/mol. The van der Waals surface area contributed by atoms with Gasteiger partial charge < -0.3 is 14.7 Å². The molecule has 2 aliphatic heterocycles. The quantitative estimate of drug-likeness (QED) is 0.612. The minimum Gasteiger partial charge on any atom is -0.445 e. The SMILES string of the molecule is Cc1cc(C)n(-c2cccc(C3(O)CC4CCCC(C3)N4C(=O)OCc3ccccc3)c2)n1. The van der Waals surface area contributed by atoms with Gasteiger partial charge in [0, 0.05) is 30.6 Å². The average Bonchev–Trinajstić information content (AvgIpc) is 3.15. The van der Waals surface area contributed by atoms with Gasteiger partial charge in [0.2, 0.25) is 0 Å². The van der Waals surface area contributed by atoms with Crippen LogP contribution in [0.15, 0.2) is 60.7 Å². The number of aromatic nitrogens is 2. The Labute approximate surface area is 194 Å². The van der Waals surface area contributed by atoms with Gasteiger partial charge >= 0.3 is 6.09 Å². The molecule has 1 amide bonds. The van der Waals surface area contributed by atoms with Crippen molar-refractivity contribution in [1.29, 1.82) is 0 Å². The maximum absolute atomic E-state index is 13.0. The van der Waals surface area contributed by atoms with Gasteiger partial charge in [-0.2, -0.15) is 5.10 Å². The minimum absolute atomic E-state index is 0.0249. The van der Waals surface area contributed by atoms with E-state index in [2.05, 4.69) is 5.10 Å². The molecule has 0 saturated carbocycles. The molecule has 2 aliphatic rings. The maximum atomic E-state index is 13.0. The van der Waals surface area contributed by atoms with Crippen LogP contribution in [-0.2, 0) is 16.9 Å². The third-order valence-corrected chi connectivity index (χ3v) is 7.06. The van der Waals surface area contributed by atoms with E-state index in [9.17, 15) is 9.90 Å². The van der Waals surface area contributed by atoms with Gasteiger partial charge in [-0.05, 0) is 62.4 Å². The van der Waals surface area contributed by atoms with Crippen molar-refractivity contribution in [3.05, 3.63) is 83.2 Å². The highest BCUT2D eigenvalue weighted by Gasteiger charge is 2.48. The fraction of sp³-hybridized carbons (Fsp3) is 0.407. The molecule has 0 aliphatic carbocycles. The Kier molecular flexibility index (Phi) is 5.71. The predicted octanol–water partition coefficient (Wildman–Crippen LogP) is 5.03. The molecular formula is C27H31N3O3. The summed E-state index contributed by atoms with van der Waals surface area (Å²) in [6.45, 7) is 4.28. The maximum Gasteiger partial charge on any atom is 0.410 e. The molecule has 6 nitrogen and oxygen atoms in total. The van der Waals surface area contributed by atoms with Crippen molar-refractivity contribution >= 4 is 6.09 Å². The van der Waals surface area contributed by atoms with Crippen molar-refractivity contribution in [2.24, 2.45) is 0 Å². The van der Waals surface area contributed by atoms with Crippen molar-refractivity contribution in [1.82, 2.24) is 14.7 Å². The molecule has 3 aromatic rings. The van der Waals surface area contributed by atoms with E-state index in [-0.39, 0.29) is 24.8 Å². The number of piperidine rings is 2. The number of ether oxygens (including phenoxy) is 1. The molecule has 2 unspecified atom stereocenters. The zero-order chi connectivity index (χ0) is 23.0. The number of nitrogens with zero attached hydrogens (tertiary/aromatic N) is 3. The topological polar surface area (TPSA) is 67.6 Å². The summed E-state index contributed by atoms with van der Waals surface area (Å²) >= 11 is 0. The lowest BCUT2D eigenvalue weighted by molar-refractivity contribution is -0.0896. The van der Waals surface area contributed by atoms with E-state index in [0.29, 0.717) is 12.8 Å². The van der Waals surface area contributed by atoms with Gasteiger partial charge in [-0.3, -0.25) is 0 Å². The van der Waals surface area contributed by atoms with Gasteiger partial charge in [0.05, 0.1) is 17.0 Å². The molecule has 0 radical (unpaired) electrons. The van der Waals surface area contributed by atoms with E-state index in [1.165, 1.54) is 0 Å². The molecule has 2 bridgehead atoms. The van der Waals surface area contributed by atoms with Crippen LogP contribution in [0.5, 0.6) is 0 Å². The lowest BCUT2D eigenvalue weighted by atomic mass is 9.72. The molecule has 6 heteroatoms. The fourth-order valence-corrected chi connectivity index (χ4v) is 5.57. The molecule has 33 heavy (non-hydrogen) atoms. The Morgan fingerprint density at radius 2 is 1.79 bits per heavy atom. The van der Waals surface area contributed by atoms with Crippen LogP contribution >= 0.6 is 0 Å². The number of rotatable bonds is 4.